The van der Waals surface area contributed by atoms with E-state index in [1.54, 1.807) is 19.3 Å². The predicted octanol–water partition coefficient (Wildman–Crippen LogP) is 2.64. The average Bonchev–Trinajstić information content (AvgIpc) is 2.98. The number of nitrogens with one attached hydrogen (secondary N) is 2. The van der Waals surface area contributed by atoms with Crippen molar-refractivity contribution in [2.24, 2.45) is 5.41 Å². The van der Waals surface area contributed by atoms with Gasteiger partial charge in [-0.2, -0.15) is 0 Å². The Labute approximate surface area is 154 Å². The highest BCUT2D eigenvalue weighted by molar-refractivity contribution is 5.93. The smallest absolute Gasteiger partial charge is 0.410 e. The fourth-order valence-electron chi connectivity index (χ4n) is 3.81. The summed E-state index contributed by atoms with van der Waals surface area (Å²) in [5.41, 5.74) is 0.298. The van der Waals surface area contributed by atoms with Gasteiger partial charge in [-0.3, -0.25) is 4.79 Å². The summed E-state index contributed by atoms with van der Waals surface area (Å²) >= 11 is 0. The summed E-state index contributed by atoms with van der Waals surface area (Å²) in [6.07, 6.45) is 4.43. The molecule has 2 amide bonds. The standard InChI is InChI=1S/C19H28N4O3/c1-18(2,3)26-17(25)23-8-7-19(12-23)9-14(10-19)22-15-6-5-13(11-21-15)16(24)20-4/h5-6,11,14H,7-10,12H2,1-4H3,(H,20,24)(H,21,22). The Morgan fingerprint density at radius 3 is 2.62 bits per heavy atom. The van der Waals surface area contributed by atoms with Crippen LogP contribution in [0.2, 0.25) is 0 Å². The molecule has 1 spiro atoms. The lowest BCUT2D eigenvalue weighted by atomic mass is 9.65. The van der Waals surface area contributed by atoms with Crippen molar-refractivity contribution in [1.29, 1.82) is 0 Å². The molecule has 142 valence electrons. The normalized spacial score (nSPS) is 24.9. The molecule has 7 nitrogen and oxygen atoms in total. The molecule has 0 radical (unpaired) electrons. The lowest BCUT2D eigenvalue weighted by molar-refractivity contribution is 0.0237. The van der Waals surface area contributed by atoms with E-state index in [-0.39, 0.29) is 17.4 Å². The summed E-state index contributed by atoms with van der Waals surface area (Å²) in [5, 5.41) is 6.00. The largest absolute Gasteiger partial charge is 0.444 e. The Morgan fingerprint density at radius 2 is 2.04 bits per heavy atom. The molecule has 1 saturated heterocycles. The second-order valence-electron chi connectivity index (χ2n) is 8.41. The molecule has 2 fully saturated rings. The Kier molecular flexibility index (Phi) is 4.82. The Bertz CT molecular complexity index is 675. The number of amides is 2. The fourth-order valence-corrected chi connectivity index (χ4v) is 3.81. The lowest BCUT2D eigenvalue weighted by Gasteiger charge is -2.45. The number of pyridine rings is 1. The van der Waals surface area contributed by atoms with Crippen LogP contribution in [0.25, 0.3) is 0 Å². The van der Waals surface area contributed by atoms with E-state index in [2.05, 4.69) is 15.6 Å². The first-order valence-electron chi connectivity index (χ1n) is 9.12. The van der Waals surface area contributed by atoms with Crippen molar-refractivity contribution < 1.29 is 14.3 Å². The molecule has 0 bridgehead atoms. The van der Waals surface area contributed by atoms with E-state index in [1.165, 1.54) is 0 Å². The van der Waals surface area contributed by atoms with Gasteiger partial charge in [-0.15, -0.1) is 0 Å². The van der Waals surface area contributed by atoms with Crippen LogP contribution < -0.4 is 10.6 Å². The molecule has 0 atom stereocenters. The zero-order valence-corrected chi connectivity index (χ0v) is 16.0. The van der Waals surface area contributed by atoms with Gasteiger partial charge in [0.1, 0.15) is 11.4 Å². The van der Waals surface area contributed by atoms with Gasteiger partial charge >= 0.3 is 6.09 Å². The van der Waals surface area contributed by atoms with Crippen molar-refractivity contribution in [3.8, 4) is 0 Å². The summed E-state index contributed by atoms with van der Waals surface area (Å²) in [4.78, 5) is 29.9. The van der Waals surface area contributed by atoms with Crippen LogP contribution in [0.3, 0.4) is 0 Å². The minimum atomic E-state index is -0.455. The van der Waals surface area contributed by atoms with Crippen LogP contribution in [-0.2, 0) is 4.74 Å². The molecule has 1 aromatic heterocycles. The summed E-state index contributed by atoms with van der Waals surface area (Å²) in [5.74, 6) is 0.638. The van der Waals surface area contributed by atoms with Crippen LogP contribution in [0.1, 0.15) is 50.4 Å². The first kappa shape index (κ1) is 18.5. The van der Waals surface area contributed by atoms with E-state index in [9.17, 15) is 9.59 Å². The highest BCUT2D eigenvalue weighted by Gasteiger charge is 2.50. The number of nitrogens with zero attached hydrogens (tertiary/aromatic N) is 2. The zero-order chi connectivity index (χ0) is 18.9. The topological polar surface area (TPSA) is 83.6 Å². The molecule has 2 aliphatic rings. The number of likely N-dealkylation sites (tertiary alicyclic amines) is 1. The molecule has 2 N–H and O–H groups in total. The number of ether oxygens (including phenoxy) is 1. The molecule has 1 saturated carbocycles. The van der Waals surface area contributed by atoms with Gasteiger partial charge in [0, 0.05) is 32.4 Å². The fraction of sp³-hybridized carbons (Fsp3) is 0.632. The van der Waals surface area contributed by atoms with Crippen molar-refractivity contribution in [3.05, 3.63) is 23.9 Å². The number of carbonyl (C=O) groups excluding carboxylic acids is 2. The number of hydrogen-bond donors (Lipinski definition) is 2. The van der Waals surface area contributed by atoms with Crippen LogP contribution in [0.15, 0.2) is 18.3 Å². The van der Waals surface area contributed by atoms with E-state index < -0.39 is 5.60 Å². The lowest BCUT2D eigenvalue weighted by Crippen LogP contribution is -2.47. The molecule has 0 unspecified atom stereocenters. The zero-order valence-electron chi connectivity index (χ0n) is 16.0. The van der Waals surface area contributed by atoms with Crippen LogP contribution >= 0.6 is 0 Å². The summed E-state index contributed by atoms with van der Waals surface area (Å²) < 4.78 is 5.47. The molecule has 1 aliphatic carbocycles. The number of rotatable bonds is 3. The molecule has 1 aliphatic heterocycles. The third-order valence-electron chi connectivity index (χ3n) is 5.05. The molecule has 0 aromatic carbocycles. The van der Waals surface area contributed by atoms with Crippen molar-refractivity contribution in [3.63, 3.8) is 0 Å². The third kappa shape index (κ3) is 4.08. The maximum Gasteiger partial charge on any atom is 0.410 e. The summed E-state index contributed by atoms with van der Waals surface area (Å²) in [7, 11) is 1.60. The molecule has 7 heteroatoms. The summed E-state index contributed by atoms with van der Waals surface area (Å²) in [6, 6.07) is 3.95. The summed E-state index contributed by atoms with van der Waals surface area (Å²) in [6.45, 7) is 7.21. The van der Waals surface area contributed by atoms with Crippen LogP contribution in [0.4, 0.5) is 10.6 Å². The SMILES string of the molecule is CNC(=O)c1ccc(NC2CC3(CCN(C(=O)OC(C)(C)C)C3)C2)nc1. The van der Waals surface area contributed by atoms with Gasteiger partial charge in [0.25, 0.3) is 5.91 Å². The van der Waals surface area contributed by atoms with Gasteiger partial charge in [-0.25, -0.2) is 9.78 Å². The Hall–Kier alpha value is -2.31. The first-order valence-corrected chi connectivity index (χ1v) is 9.12. The van der Waals surface area contributed by atoms with E-state index >= 15 is 0 Å². The quantitative estimate of drug-likeness (QED) is 0.866. The van der Waals surface area contributed by atoms with Crippen molar-refractivity contribution in [2.75, 3.05) is 25.5 Å². The molecule has 26 heavy (non-hydrogen) atoms. The van der Waals surface area contributed by atoms with Crippen molar-refractivity contribution in [1.82, 2.24) is 15.2 Å². The van der Waals surface area contributed by atoms with E-state index in [4.69, 9.17) is 4.74 Å². The maximum atomic E-state index is 12.2. The molecular formula is C19H28N4O3. The van der Waals surface area contributed by atoms with Gasteiger partial charge < -0.3 is 20.3 Å². The first-order chi connectivity index (χ1) is 12.2. The number of carbonyl (C=O) groups is 2. The van der Waals surface area contributed by atoms with Crippen molar-refractivity contribution in [2.45, 2.75) is 51.7 Å². The average molecular weight is 360 g/mol. The number of anilines is 1. The number of aromatic nitrogens is 1. The molecular weight excluding hydrogens is 332 g/mol. The van der Waals surface area contributed by atoms with Crippen LogP contribution in [0.5, 0.6) is 0 Å². The predicted molar refractivity (Wildman–Crippen MR) is 99.1 cm³/mol. The van der Waals surface area contributed by atoms with E-state index in [1.807, 2.05) is 31.7 Å². The van der Waals surface area contributed by atoms with Crippen LogP contribution in [0, 0.1) is 5.41 Å². The van der Waals surface area contributed by atoms with Crippen molar-refractivity contribution >= 4 is 17.8 Å². The minimum absolute atomic E-state index is 0.139. The monoisotopic (exact) mass is 360 g/mol. The minimum Gasteiger partial charge on any atom is -0.444 e. The van der Waals surface area contributed by atoms with E-state index in [0.29, 0.717) is 11.6 Å². The molecule has 1 aromatic rings. The van der Waals surface area contributed by atoms with Gasteiger partial charge in [0.2, 0.25) is 0 Å². The Morgan fingerprint density at radius 1 is 1.31 bits per heavy atom. The van der Waals surface area contributed by atoms with E-state index in [0.717, 1.165) is 38.2 Å². The van der Waals surface area contributed by atoms with Gasteiger partial charge in [-0.1, -0.05) is 0 Å². The van der Waals surface area contributed by atoms with Gasteiger partial charge in [0.15, 0.2) is 0 Å². The highest BCUT2D eigenvalue weighted by Crippen LogP contribution is 2.49. The van der Waals surface area contributed by atoms with Crippen LogP contribution in [-0.4, -0.2) is 53.7 Å². The Balaban J connectivity index is 1.48. The molecule has 2 heterocycles. The van der Waals surface area contributed by atoms with Gasteiger partial charge in [0.05, 0.1) is 5.56 Å². The third-order valence-corrected chi connectivity index (χ3v) is 5.05. The highest BCUT2D eigenvalue weighted by atomic mass is 16.6. The molecule has 3 rings (SSSR count). The van der Waals surface area contributed by atoms with Gasteiger partial charge in [-0.05, 0) is 57.6 Å². The number of hydrogen-bond acceptors (Lipinski definition) is 5. The second-order valence-corrected chi connectivity index (χ2v) is 8.41. The second kappa shape index (κ2) is 6.78. The maximum absolute atomic E-state index is 12.2.